The predicted molar refractivity (Wildman–Crippen MR) is 143 cm³/mol. The first-order chi connectivity index (χ1) is 16.7. The Balaban J connectivity index is 3.54. The van der Waals surface area contributed by atoms with Crippen molar-refractivity contribution in [1.29, 1.82) is 0 Å². The van der Waals surface area contributed by atoms with Crippen molar-refractivity contribution in [1.82, 2.24) is 15.5 Å². The van der Waals surface area contributed by atoms with Crippen molar-refractivity contribution in [2.75, 3.05) is 6.54 Å². The summed E-state index contributed by atoms with van der Waals surface area (Å²) in [5.41, 5.74) is 0.254. The molecular weight excluding hydrogens is 458 g/mol. The van der Waals surface area contributed by atoms with E-state index in [1.807, 2.05) is 34.6 Å². The van der Waals surface area contributed by atoms with E-state index in [0.717, 1.165) is 19.3 Å². The van der Waals surface area contributed by atoms with E-state index in [9.17, 15) is 19.5 Å². The minimum atomic E-state index is -1.05. The van der Waals surface area contributed by atoms with E-state index >= 15 is 0 Å². The lowest BCUT2D eigenvalue weighted by molar-refractivity contribution is -0.143. The Kier molecular flexibility index (Phi) is 12.2. The summed E-state index contributed by atoms with van der Waals surface area (Å²) in [5.74, 6) is -1.03. The molecule has 36 heavy (non-hydrogen) atoms. The zero-order valence-electron chi connectivity index (χ0n) is 23.6. The summed E-state index contributed by atoms with van der Waals surface area (Å²) in [6, 6.07) is 3.14. The molecule has 8 heteroatoms. The summed E-state index contributed by atoms with van der Waals surface area (Å²) in [4.78, 5) is 41.8. The molecule has 0 radical (unpaired) electrons. The number of ether oxygens (including phenoxy) is 1. The minimum absolute atomic E-state index is 0.0173. The number of unbranched alkanes of at least 4 members (excludes halogenated alkanes) is 1. The highest BCUT2D eigenvalue weighted by Gasteiger charge is 2.38. The lowest BCUT2D eigenvalue weighted by Crippen LogP contribution is -2.55. The second-order valence-electron chi connectivity index (χ2n) is 10.9. The topological polar surface area (TPSA) is 108 Å². The quantitative estimate of drug-likeness (QED) is 0.361. The van der Waals surface area contributed by atoms with Gasteiger partial charge in [0.25, 0.3) is 0 Å². The number of alkyl carbamates (subject to hydrolysis) is 1. The Morgan fingerprint density at radius 2 is 1.69 bits per heavy atom. The van der Waals surface area contributed by atoms with Gasteiger partial charge in [0, 0.05) is 18.2 Å². The first kappa shape index (κ1) is 31.3. The molecule has 0 bridgehead atoms. The average Bonchev–Trinajstić information content (AvgIpc) is 2.75. The number of nitrogens with zero attached hydrogens (tertiary/aromatic N) is 1. The molecule has 1 rings (SSSR count). The molecule has 0 spiro atoms. The van der Waals surface area contributed by atoms with Crippen molar-refractivity contribution < 1.29 is 24.2 Å². The molecule has 3 amide bonds. The fourth-order valence-corrected chi connectivity index (χ4v) is 4.00. The summed E-state index contributed by atoms with van der Waals surface area (Å²) in [7, 11) is 0. The molecule has 0 aromatic heterocycles. The Hall–Kier alpha value is -2.77. The maximum Gasteiger partial charge on any atom is 0.408 e. The lowest BCUT2D eigenvalue weighted by Gasteiger charge is -2.36. The number of phenolic OH excluding ortho intramolecular Hbond substituents is 1. The molecule has 1 aromatic rings. The number of hydrogen-bond donors (Lipinski definition) is 3. The Morgan fingerprint density at radius 1 is 1.06 bits per heavy atom. The predicted octanol–water partition coefficient (Wildman–Crippen LogP) is 5.22. The van der Waals surface area contributed by atoms with Gasteiger partial charge < -0.3 is 25.4 Å². The largest absolute Gasteiger partial charge is 0.507 e. The molecule has 3 N–H and O–H groups in total. The van der Waals surface area contributed by atoms with Crippen molar-refractivity contribution >= 4 is 17.9 Å². The number of aryl methyl sites for hydroxylation is 1. The highest BCUT2D eigenvalue weighted by molar-refractivity contribution is 5.92. The van der Waals surface area contributed by atoms with E-state index in [0.29, 0.717) is 24.1 Å². The molecule has 204 valence electrons. The second-order valence-corrected chi connectivity index (χ2v) is 10.9. The molecule has 0 aliphatic carbocycles. The highest BCUT2D eigenvalue weighted by Crippen LogP contribution is 2.33. The number of hydrogen-bond acceptors (Lipinski definition) is 5. The van der Waals surface area contributed by atoms with E-state index in [2.05, 4.69) is 10.6 Å². The van der Waals surface area contributed by atoms with Gasteiger partial charge in [-0.2, -0.15) is 0 Å². The van der Waals surface area contributed by atoms with Gasteiger partial charge >= 0.3 is 6.09 Å². The molecule has 3 unspecified atom stereocenters. The number of carbonyl (C=O) groups excluding carboxylic acids is 3. The third-order valence-corrected chi connectivity index (χ3v) is 5.87. The zero-order valence-corrected chi connectivity index (χ0v) is 23.6. The van der Waals surface area contributed by atoms with Crippen LogP contribution in [0.3, 0.4) is 0 Å². The summed E-state index contributed by atoms with van der Waals surface area (Å²) in [5, 5.41) is 16.7. The van der Waals surface area contributed by atoms with Crippen molar-refractivity contribution in [3.8, 4) is 5.75 Å². The minimum Gasteiger partial charge on any atom is -0.507 e. The fraction of sp³-hybridized carbons (Fsp3) is 0.679. The van der Waals surface area contributed by atoms with Crippen LogP contribution in [0.5, 0.6) is 5.75 Å². The first-order valence-electron chi connectivity index (χ1n) is 13.1. The molecule has 0 aliphatic heterocycles. The maximum absolute atomic E-state index is 14.0. The Labute approximate surface area is 217 Å². The van der Waals surface area contributed by atoms with E-state index in [1.165, 1.54) is 4.90 Å². The van der Waals surface area contributed by atoms with Gasteiger partial charge in [0.1, 0.15) is 23.4 Å². The number of carbonyl (C=O) groups is 3. The van der Waals surface area contributed by atoms with Gasteiger partial charge in [-0.15, -0.1) is 0 Å². The van der Waals surface area contributed by atoms with Crippen LogP contribution in [0.1, 0.15) is 98.2 Å². The van der Waals surface area contributed by atoms with Gasteiger partial charge in [-0.25, -0.2) is 4.79 Å². The van der Waals surface area contributed by atoms with Crippen LogP contribution in [0.2, 0.25) is 0 Å². The summed E-state index contributed by atoms with van der Waals surface area (Å²) < 4.78 is 5.40. The van der Waals surface area contributed by atoms with E-state index in [-0.39, 0.29) is 23.6 Å². The van der Waals surface area contributed by atoms with Crippen LogP contribution in [0.25, 0.3) is 0 Å². The smallest absolute Gasteiger partial charge is 0.408 e. The highest BCUT2D eigenvalue weighted by atomic mass is 16.6. The number of nitrogens with one attached hydrogen (secondary N) is 2. The first-order valence-corrected chi connectivity index (χ1v) is 13.1. The summed E-state index contributed by atoms with van der Waals surface area (Å²) in [6.07, 6.45) is 2.45. The lowest BCUT2D eigenvalue weighted by atomic mass is 9.96. The van der Waals surface area contributed by atoms with E-state index < -0.39 is 29.7 Å². The van der Waals surface area contributed by atoms with Gasteiger partial charge in [-0.3, -0.25) is 9.59 Å². The van der Waals surface area contributed by atoms with Gasteiger partial charge in [0.2, 0.25) is 11.8 Å². The molecule has 1 aromatic carbocycles. The Bertz CT molecular complexity index is 878. The zero-order chi connectivity index (χ0) is 27.6. The molecule has 8 nitrogen and oxygen atoms in total. The number of para-hydroxylation sites is 1. The second kappa shape index (κ2) is 14.1. The number of rotatable bonds is 12. The number of amides is 3. The normalized spacial score (nSPS) is 14.1. The monoisotopic (exact) mass is 505 g/mol. The van der Waals surface area contributed by atoms with Gasteiger partial charge in [0.15, 0.2) is 0 Å². The van der Waals surface area contributed by atoms with Crippen molar-refractivity contribution in [2.24, 2.45) is 5.92 Å². The van der Waals surface area contributed by atoms with Gasteiger partial charge in [-0.05, 0) is 58.9 Å². The molecule has 3 atom stereocenters. The molecule has 0 fully saturated rings. The van der Waals surface area contributed by atoms with Crippen LogP contribution in [0, 0.1) is 12.8 Å². The number of aromatic hydroxyl groups is 1. The van der Waals surface area contributed by atoms with Crippen molar-refractivity contribution in [3.05, 3.63) is 29.3 Å². The van der Waals surface area contributed by atoms with Crippen LogP contribution in [-0.2, 0) is 14.3 Å². The molecule has 0 heterocycles. The number of benzene rings is 1. The van der Waals surface area contributed by atoms with Crippen molar-refractivity contribution in [3.63, 3.8) is 0 Å². The SMILES string of the molecule is CCCCN(C(=O)C(NC(=O)OC(C)(C)C)C(C)C)C(C(=O)NC(C)CCC)c1cccc(C)c1O. The third kappa shape index (κ3) is 9.36. The van der Waals surface area contributed by atoms with Crippen LogP contribution < -0.4 is 10.6 Å². The van der Waals surface area contributed by atoms with Crippen molar-refractivity contribution in [2.45, 2.75) is 112 Å². The van der Waals surface area contributed by atoms with E-state index in [4.69, 9.17) is 4.74 Å². The fourth-order valence-electron chi connectivity index (χ4n) is 4.00. The standard InChI is InChI=1S/C28H47N3O5/c1-10-12-17-31(26(34)22(18(3)4)30-27(35)36-28(7,8)9)23(25(33)29-20(6)14-11-2)21-16-13-15-19(5)24(21)32/h13,15-16,18,20,22-23,32H,10-12,14,17H2,1-9H3,(H,29,33)(H,30,35). The molecule has 0 saturated carbocycles. The third-order valence-electron chi connectivity index (χ3n) is 5.87. The van der Waals surface area contributed by atoms with Crippen LogP contribution in [0.15, 0.2) is 18.2 Å². The van der Waals surface area contributed by atoms with Crippen LogP contribution in [0.4, 0.5) is 4.79 Å². The maximum atomic E-state index is 14.0. The summed E-state index contributed by atoms with van der Waals surface area (Å²) >= 11 is 0. The van der Waals surface area contributed by atoms with Crippen LogP contribution in [-0.4, -0.2) is 52.1 Å². The Morgan fingerprint density at radius 3 is 2.22 bits per heavy atom. The molecule has 0 saturated heterocycles. The van der Waals surface area contributed by atoms with Crippen LogP contribution >= 0.6 is 0 Å². The van der Waals surface area contributed by atoms with Gasteiger partial charge in [-0.1, -0.05) is 58.7 Å². The van der Waals surface area contributed by atoms with Gasteiger partial charge in [0.05, 0.1) is 0 Å². The molecule has 0 aliphatic rings. The average molecular weight is 506 g/mol. The molecular formula is C28H47N3O5. The van der Waals surface area contributed by atoms with E-state index in [1.54, 1.807) is 45.9 Å². The number of phenols is 1. The summed E-state index contributed by atoms with van der Waals surface area (Å²) in [6.45, 7) is 17.0.